The van der Waals surface area contributed by atoms with E-state index in [1.54, 1.807) is 6.08 Å². The summed E-state index contributed by atoms with van der Waals surface area (Å²) >= 11 is 0. The molecule has 3 N–H and O–H groups in total. The van der Waals surface area contributed by atoms with E-state index in [4.69, 9.17) is 9.05 Å². The molecule has 9 heteroatoms. The van der Waals surface area contributed by atoms with Crippen LogP contribution in [0.5, 0.6) is 0 Å². The summed E-state index contributed by atoms with van der Waals surface area (Å²) in [6.07, 6.45) is 48.1. The molecule has 0 aliphatic carbocycles. The molecule has 0 rings (SSSR count). The first-order valence-corrected chi connectivity index (χ1v) is 25.7. The molecule has 0 aromatic rings. The normalized spacial score (nSPS) is 14.4. The summed E-state index contributed by atoms with van der Waals surface area (Å²) < 4.78 is 23.6. The summed E-state index contributed by atoms with van der Waals surface area (Å²) in [5, 5.41) is 13.9. The van der Waals surface area contributed by atoms with E-state index < -0.39 is 20.0 Å². The molecule has 57 heavy (non-hydrogen) atoms. The number of amides is 1. The van der Waals surface area contributed by atoms with Crippen molar-refractivity contribution in [1.29, 1.82) is 0 Å². The zero-order valence-corrected chi connectivity index (χ0v) is 39.2. The van der Waals surface area contributed by atoms with Gasteiger partial charge in [0.05, 0.1) is 39.9 Å². The lowest BCUT2D eigenvalue weighted by molar-refractivity contribution is -0.870. The van der Waals surface area contributed by atoms with Gasteiger partial charge in [-0.25, -0.2) is 4.57 Å². The van der Waals surface area contributed by atoms with Gasteiger partial charge < -0.3 is 19.8 Å². The number of phosphoric acid groups is 1. The van der Waals surface area contributed by atoms with Crippen molar-refractivity contribution in [3.05, 3.63) is 24.3 Å². The molecule has 338 valence electrons. The Kier molecular flexibility index (Phi) is 39.7. The molecular formula is C48H96N2O6P+. The first kappa shape index (κ1) is 56.0. The second-order valence-corrected chi connectivity index (χ2v) is 19.3. The first-order valence-electron chi connectivity index (χ1n) is 24.2. The van der Waals surface area contributed by atoms with Gasteiger partial charge in [0.1, 0.15) is 13.2 Å². The minimum absolute atomic E-state index is 0.0619. The second kappa shape index (κ2) is 40.4. The number of allylic oxidation sites excluding steroid dienone is 3. The molecule has 0 heterocycles. The van der Waals surface area contributed by atoms with E-state index in [2.05, 4.69) is 31.3 Å². The SMILES string of the molecule is CCCCCCCCC/C=C\CCCCCCCCCC(=O)NC(COP(=O)(O)OCC[N+](C)(C)C)C(O)/C=C/CCCCCCCCCCCCCCCCC. The van der Waals surface area contributed by atoms with Crippen LogP contribution in [-0.4, -0.2) is 73.4 Å². The Balaban J connectivity index is 4.36. The molecule has 0 fully saturated rings. The predicted octanol–water partition coefficient (Wildman–Crippen LogP) is 13.7. The van der Waals surface area contributed by atoms with Gasteiger partial charge in [0.25, 0.3) is 0 Å². The lowest BCUT2D eigenvalue weighted by Gasteiger charge is -2.25. The van der Waals surface area contributed by atoms with Crippen LogP contribution in [-0.2, 0) is 18.4 Å². The number of hydrogen-bond donors (Lipinski definition) is 3. The van der Waals surface area contributed by atoms with Crippen LogP contribution in [0, 0.1) is 0 Å². The van der Waals surface area contributed by atoms with Crippen LogP contribution in [0.15, 0.2) is 24.3 Å². The Morgan fingerprint density at radius 3 is 1.35 bits per heavy atom. The summed E-state index contributed by atoms with van der Waals surface area (Å²) in [6, 6.07) is -0.845. The van der Waals surface area contributed by atoms with Crippen LogP contribution in [0.4, 0.5) is 0 Å². The molecule has 0 aliphatic rings. The van der Waals surface area contributed by atoms with Crippen molar-refractivity contribution >= 4 is 13.7 Å². The van der Waals surface area contributed by atoms with E-state index in [9.17, 15) is 19.4 Å². The van der Waals surface area contributed by atoms with Gasteiger partial charge in [-0.3, -0.25) is 13.8 Å². The number of nitrogens with one attached hydrogen (secondary N) is 1. The van der Waals surface area contributed by atoms with Gasteiger partial charge in [-0.2, -0.15) is 0 Å². The van der Waals surface area contributed by atoms with E-state index >= 15 is 0 Å². The number of phosphoric ester groups is 1. The zero-order chi connectivity index (χ0) is 42.1. The van der Waals surface area contributed by atoms with Crippen LogP contribution in [0.1, 0.15) is 226 Å². The Morgan fingerprint density at radius 2 is 0.947 bits per heavy atom. The molecule has 0 bridgehead atoms. The Labute approximate surface area is 354 Å². The zero-order valence-electron chi connectivity index (χ0n) is 38.3. The molecular weight excluding hydrogens is 732 g/mol. The van der Waals surface area contributed by atoms with Gasteiger partial charge >= 0.3 is 7.82 Å². The quantitative estimate of drug-likeness (QED) is 0.0244. The highest BCUT2D eigenvalue weighted by atomic mass is 31.2. The van der Waals surface area contributed by atoms with Crippen molar-refractivity contribution < 1.29 is 32.9 Å². The van der Waals surface area contributed by atoms with Crippen molar-refractivity contribution in [3.63, 3.8) is 0 Å². The fourth-order valence-corrected chi connectivity index (χ4v) is 7.77. The van der Waals surface area contributed by atoms with Gasteiger partial charge in [0.2, 0.25) is 5.91 Å². The van der Waals surface area contributed by atoms with Gasteiger partial charge in [-0.05, 0) is 44.9 Å². The third kappa shape index (κ3) is 42.9. The lowest BCUT2D eigenvalue weighted by Crippen LogP contribution is -2.45. The average molecular weight is 828 g/mol. The van der Waals surface area contributed by atoms with Crippen LogP contribution in [0.25, 0.3) is 0 Å². The Hall–Kier alpha value is -1.02. The number of likely N-dealkylation sites (N-methyl/N-ethyl adjacent to an activating group) is 1. The molecule has 3 atom stereocenters. The summed E-state index contributed by atoms with van der Waals surface area (Å²) in [7, 11) is 1.57. The highest BCUT2D eigenvalue weighted by Crippen LogP contribution is 2.43. The van der Waals surface area contributed by atoms with Crippen LogP contribution >= 0.6 is 7.82 Å². The number of aliphatic hydroxyl groups excluding tert-OH is 1. The number of carbonyl (C=O) groups excluding carboxylic acids is 1. The van der Waals surface area contributed by atoms with Crippen LogP contribution in [0.3, 0.4) is 0 Å². The average Bonchev–Trinajstić information content (AvgIpc) is 3.16. The molecule has 0 spiro atoms. The van der Waals surface area contributed by atoms with Crippen molar-refractivity contribution in [2.24, 2.45) is 0 Å². The number of quaternary nitrogens is 1. The standard InChI is InChI=1S/C48H95N2O6P/c1-6-8-10-12-14-16-18-20-22-24-26-28-30-32-34-36-38-40-42-48(52)49-46(45-56-57(53,54)55-44-43-50(3,4)5)47(51)41-39-37-35-33-31-29-27-25-23-21-19-17-15-13-11-9-7-2/h22,24,39,41,46-47,51H,6-21,23,25-38,40,42-45H2,1-5H3,(H-,49,52,53,54)/p+1/b24-22-,41-39+. The second-order valence-electron chi connectivity index (χ2n) is 17.8. The fraction of sp³-hybridized carbons (Fsp3) is 0.896. The van der Waals surface area contributed by atoms with Crippen LogP contribution < -0.4 is 5.32 Å². The highest BCUT2D eigenvalue weighted by molar-refractivity contribution is 7.47. The van der Waals surface area contributed by atoms with E-state index in [0.29, 0.717) is 17.4 Å². The molecule has 0 aliphatic heterocycles. The molecule has 0 aromatic heterocycles. The molecule has 0 radical (unpaired) electrons. The van der Waals surface area contributed by atoms with Crippen LogP contribution in [0.2, 0.25) is 0 Å². The highest BCUT2D eigenvalue weighted by Gasteiger charge is 2.27. The molecule has 8 nitrogen and oxygen atoms in total. The van der Waals surface area contributed by atoms with Gasteiger partial charge in [0, 0.05) is 6.42 Å². The van der Waals surface area contributed by atoms with Gasteiger partial charge in [-0.1, -0.05) is 199 Å². The molecule has 3 unspecified atom stereocenters. The number of aliphatic hydroxyl groups is 1. The van der Waals surface area contributed by atoms with Crippen molar-refractivity contribution in [2.45, 2.75) is 238 Å². The van der Waals surface area contributed by atoms with Gasteiger partial charge in [-0.15, -0.1) is 0 Å². The smallest absolute Gasteiger partial charge is 0.387 e. The maximum absolute atomic E-state index is 12.9. The topological polar surface area (TPSA) is 105 Å². The number of hydrogen-bond acceptors (Lipinski definition) is 5. The maximum Gasteiger partial charge on any atom is 0.472 e. The number of carbonyl (C=O) groups is 1. The predicted molar refractivity (Wildman–Crippen MR) is 245 cm³/mol. The number of rotatable bonds is 44. The van der Waals surface area contributed by atoms with E-state index in [-0.39, 0.29) is 19.1 Å². The third-order valence-electron chi connectivity index (χ3n) is 10.9. The maximum atomic E-state index is 12.9. The molecule has 0 aromatic carbocycles. The number of nitrogens with zero attached hydrogens (tertiary/aromatic N) is 1. The Bertz CT molecular complexity index is 984. The molecule has 0 saturated heterocycles. The third-order valence-corrected chi connectivity index (χ3v) is 11.9. The van der Waals surface area contributed by atoms with E-state index in [0.717, 1.165) is 38.5 Å². The molecule has 0 saturated carbocycles. The summed E-state index contributed by atoms with van der Waals surface area (Å²) in [5.41, 5.74) is 0. The van der Waals surface area contributed by atoms with Crippen molar-refractivity contribution in [1.82, 2.24) is 5.32 Å². The monoisotopic (exact) mass is 828 g/mol. The largest absolute Gasteiger partial charge is 0.472 e. The van der Waals surface area contributed by atoms with Crippen molar-refractivity contribution in [3.8, 4) is 0 Å². The summed E-state index contributed by atoms with van der Waals surface area (Å²) in [5.74, 6) is -0.180. The fourth-order valence-electron chi connectivity index (χ4n) is 7.04. The summed E-state index contributed by atoms with van der Waals surface area (Å²) in [4.78, 5) is 23.2. The Morgan fingerprint density at radius 1 is 0.579 bits per heavy atom. The van der Waals surface area contributed by atoms with Gasteiger partial charge in [0.15, 0.2) is 0 Å². The molecule has 1 amide bonds. The lowest BCUT2D eigenvalue weighted by atomic mass is 10.0. The van der Waals surface area contributed by atoms with E-state index in [1.165, 1.54) is 167 Å². The van der Waals surface area contributed by atoms with E-state index in [1.807, 2.05) is 27.2 Å². The number of unbranched alkanes of at least 4 members (excludes halogenated alkanes) is 29. The minimum atomic E-state index is -4.34. The summed E-state index contributed by atoms with van der Waals surface area (Å²) in [6.45, 7) is 4.82. The first-order chi connectivity index (χ1) is 27.5. The minimum Gasteiger partial charge on any atom is -0.387 e. The van der Waals surface area contributed by atoms with Crippen molar-refractivity contribution in [2.75, 3.05) is 40.9 Å².